The minimum absolute atomic E-state index is 0.289. The molecule has 1 heterocycles. The lowest BCUT2D eigenvalue weighted by Crippen LogP contribution is -2.32. The van der Waals surface area contributed by atoms with Crippen LogP contribution in [0.4, 0.5) is 0 Å². The van der Waals surface area contributed by atoms with E-state index in [9.17, 15) is 5.11 Å². The second kappa shape index (κ2) is 16.1. The van der Waals surface area contributed by atoms with Crippen molar-refractivity contribution in [3.8, 4) is 5.75 Å². The molecule has 0 aliphatic carbocycles. The number of unbranched alkanes of at least 4 members (excludes halogenated alkanes) is 6. The van der Waals surface area contributed by atoms with Crippen LogP contribution >= 0.6 is 0 Å². The predicted octanol–water partition coefficient (Wildman–Crippen LogP) is 6.59. The maximum Gasteiger partial charge on any atom is 0.168 e. The molecule has 0 radical (unpaired) electrons. The topological polar surface area (TPSA) is 47.9 Å². The van der Waals surface area contributed by atoms with Crippen molar-refractivity contribution in [2.45, 2.75) is 89.4 Å². The van der Waals surface area contributed by atoms with Gasteiger partial charge in [0.25, 0.3) is 0 Å². The number of aliphatic hydroxyl groups excluding tert-OH is 1. The van der Waals surface area contributed by atoms with Gasteiger partial charge in [0.2, 0.25) is 0 Å². The number of allylic oxidation sites excluding steroid dienone is 4. The number of hydrogen-bond acceptors (Lipinski definition) is 4. The molecule has 0 amide bonds. The van der Waals surface area contributed by atoms with Crippen LogP contribution in [0.3, 0.4) is 0 Å². The average molecular weight is 431 g/mol. The highest BCUT2D eigenvalue weighted by Crippen LogP contribution is 2.31. The van der Waals surface area contributed by atoms with Crippen molar-refractivity contribution in [2.24, 2.45) is 0 Å². The maximum atomic E-state index is 10.3. The third-order valence-corrected chi connectivity index (χ3v) is 5.64. The van der Waals surface area contributed by atoms with Crippen LogP contribution in [0.25, 0.3) is 0 Å². The van der Waals surface area contributed by atoms with Gasteiger partial charge in [-0.05, 0) is 50.7 Å². The Kier molecular flexibility index (Phi) is 13.3. The smallest absolute Gasteiger partial charge is 0.168 e. The Labute approximate surface area is 189 Å². The van der Waals surface area contributed by atoms with Gasteiger partial charge in [0.15, 0.2) is 5.79 Å². The van der Waals surface area contributed by atoms with Gasteiger partial charge in [0.1, 0.15) is 12.4 Å². The van der Waals surface area contributed by atoms with Crippen LogP contribution in [0.15, 0.2) is 54.6 Å². The number of benzene rings is 1. The van der Waals surface area contributed by atoms with Gasteiger partial charge in [0, 0.05) is 12.8 Å². The highest BCUT2D eigenvalue weighted by molar-refractivity contribution is 5.20. The fourth-order valence-electron chi connectivity index (χ4n) is 3.78. The lowest BCUT2D eigenvalue weighted by Gasteiger charge is -2.28. The molecular weight excluding hydrogens is 388 g/mol. The Morgan fingerprint density at radius 3 is 2.29 bits per heavy atom. The van der Waals surface area contributed by atoms with E-state index in [0.29, 0.717) is 26.1 Å². The zero-order valence-electron chi connectivity index (χ0n) is 19.3. The molecule has 174 valence electrons. The van der Waals surface area contributed by atoms with Crippen molar-refractivity contribution < 1.29 is 19.3 Å². The molecule has 0 saturated carbocycles. The van der Waals surface area contributed by atoms with E-state index in [2.05, 4.69) is 31.2 Å². The van der Waals surface area contributed by atoms with Crippen molar-refractivity contribution in [1.82, 2.24) is 0 Å². The van der Waals surface area contributed by atoms with Crippen molar-refractivity contribution in [3.05, 3.63) is 54.6 Å². The van der Waals surface area contributed by atoms with Gasteiger partial charge < -0.3 is 19.3 Å². The summed E-state index contributed by atoms with van der Waals surface area (Å²) in [6, 6.07) is 9.60. The monoisotopic (exact) mass is 430 g/mol. The predicted molar refractivity (Wildman–Crippen MR) is 127 cm³/mol. The molecule has 31 heavy (non-hydrogen) atoms. The van der Waals surface area contributed by atoms with Crippen LogP contribution in [0, 0.1) is 0 Å². The molecule has 0 aromatic heterocycles. The molecule has 1 aliphatic heterocycles. The van der Waals surface area contributed by atoms with Crippen LogP contribution in [-0.4, -0.2) is 36.8 Å². The molecule has 1 atom stereocenters. The molecular formula is C27H42O4. The minimum atomic E-state index is -0.532. The van der Waals surface area contributed by atoms with E-state index >= 15 is 0 Å². The van der Waals surface area contributed by atoms with Gasteiger partial charge in [0.05, 0.1) is 19.3 Å². The lowest BCUT2D eigenvalue weighted by molar-refractivity contribution is -0.172. The highest BCUT2D eigenvalue weighted by atomic mass is 16.7. The summed E-state index contributed by atoms with van der Waals surface area (Å²) in [6.07, 6.45) is 20.2. The zero-order chi connectivity index (χ0) is 22.0. The third kappa shape index (κ3) is 11.5. The van der Waals surface area contributed by atoms with E-state index in [1.807, 2.05) is 30.3 Å². The van der Waals surface area contributed by atoms with E-state index in [-0.39, 0.29) is 6.61 Å². The quantitative estimate of drug-likeness (QED) is 0.224. The molecule has 1 aliphatic rings. The van der Waals surface area contributed by atoms with E-state index in [1.54, 1.807) is 0 Å². The number of rotatable bonds is 17. The van der Waals surface area contributed by atoms with Gasteiger partial charge in [-0.1, -0.05) is 68.7 Å². The van der Waals surface area contributed by atoms with Gasteiger partial charge in [-0.3, -0.25) is 0 Å². The molecule has 1 aromatic carbocycles. The third-order valence-electron chi connectivity index (χ3n) is 5.64. The molecule has 0 bridgehead atoms. The van der Waals surface area contributed by atoms with Crippen molar-refractivity contribution in [3.63, 3.8) is 0 Å². The van der Waals surface area contributed by atoms with Crippen molar-refractivity contribution in [1.29, 1.82) is 0 Å². The summed E-state index contributed by atoms with van der Waals surface area (Å²) in [4.78, 5) is 0. The van der Waals surface area contributed by atoms with Crippen LogP contribution < -0.4 is 4.74 Å². The second-order valence-corrected chi connectivity index (χ2v) is 8.38. The van der Waals surface area contributed by atoms with Gasteiger partial charge >= 0.3 is 0 Å². The van der Waals surface area contributed by atoms with Crippen LogP contribution in [-0.2, 0) is 9.47 Å². The molecule has 1 N–H and O–H groups in total. The lowest BCUT2D eigenvalue weighted by atomic mass is 10.0. The van der Waals surface area contributed by atoms with Crippen molar-refractivity contribution >= 4 is 0 Å². The summed E-state index contributed by atoms with van der Waals surface area (Å²) < 4.78 is 17.5. The van der Waals surface area contributed by atoms with E-state index in [0.717, 1.165) is 31.4 Å². The number of para-hydroxylation sites is 1. The second-order valence-electron chi connectivity index (χ2n) is 8.38. The summed E-state index contributed by atoms with van der Waals surface area (Å²) in [5.74, 6) is 0.250. The fraction of sp³-hybridized carbons (Fsp3) is 0.630. The Morgan fingerprint density at radius 2 is 1.61 bits per heavy atom. The molecule has 4 nitrogen and oxygen atoms in total. The molecule has 2 rings (SSSR count). The maximum absolute atomic E-state index is 10.3. The molecule has 1 aromatic rings. The summed E-state index contributed by atoms with van der Waals surface area (Å²) in [6.45, 7) is 3.81. The molecule has 1 unspecified atom stereocenters. The summed E-state index contributed by atoms with van der Waals surface area (Å²) in [5.41, 5.74) is 0. The average Bonchev–Trinajstić information content (AvgIpc) is 3.27. The van der Waals surface area contributed by atoms with E-state index in [1.165, 1.54) is 32.1 Å². The van der Waals surface area contributed by atoms with Gasteiger partial charge in [-0.25, -0.2) is 0 Å². The molecule has 4 heteroatoms. The van der Waals surface area contributed by atoms with Crippen LogP contribution in [0.1, 0.15) is 77.6 Å². The molecule has 1 saturated heterocycles. The van der Waals surface area contributed by atoms with Gasteiger partial charge in [-0.2, -0.15) is 0 Å². The minimum Gasteiger partial charge on any atom is -0.491 e. The SMILES string of the molecule is CCCCCC/C=C/C=C/CCCCC1(CCC(O)COc2ccccc2)OCCO1. The summed E-state index contributed by atoms with van der Waals surface area (Å²) in [5, 5.41) is 10.3. The first-order valence-corrected chi connectivity index (χ1v) is 12.2. The van der Waals surface area contributed by atoms with Gasteiger partial charge in [-0.15, -0.1) is 0 Å². The standard InChI is InChI=1S/C27H42O4/c1-2-3-4-5-6-7-8-9-10-11-12-16-20-27(30-22-23-31-27)21-19-25(28)24-29-26-17-14-13-15-18-26/h7-10,13-15,17-18,25,28H,2-6,11-12,16,19-24H2,1H3/b8-7+,10-9+. The molecule has 0 spiro atoms. The number of aliphatic hydroxyl groups is 1. The summed E-state index contributed by atoms with van der Waals surface area (Å²) >= 11 is 0. The first-order valence-electron chi connectivity index (χ1n) is 12.2. The fourth-order valence-corrected chi connectivity index (χ4v) is 3.78. The first kappa shape index (κ1) is 25.6. The number of ether oxygens (including phenoxy) is 3. The Bertz CT molecular complexity index is 605. The zero-order valence-corrected chi connectivity index (χ0v) is 19.3. The first-order chi connectivity index (χ1) is 15.2. The Morgan fingerprint density at radius 1 is 0.935 bits per heavy atom. The Hall–Kier alpha value is -1.62. The normalized spacial score (nSPS) is 17.0. The Balaban J connectivity index is 1.57. The largest absolute Gasteiger partial charge is 0.491 e. The highest BCUT2D eigenvalue weighted by Gasteiger charge is 2.36. The van der Waals surface area contributed by atoms with E-state index < -0.39 is 11.9 Å². The molecule has 1 fully saturated rings. The summed E-state index contributed by atoms with van der Waals surface area (Å²) in [7, 11) is 0. The van der Waals surface area contributed by atoms with Crippen LogP contribution in [0.2, 0.25) is 0 Å². The van der Waals surface area contributed by atoms with E-state index in [4.69, 9.17) is 14.2 Å². The van der Waals surface area contributed by atoms with Crippen molar-refractivity contribution in [2.75, 3.05) is 19.8 Å². The van der Waals surface area contributed by atoms with Crippen LogP contribution in [0.5, 0.6) is 5.75 Å². The number of hydrogen-bond donors (Lipinski definition) is 1.